The van der Waals surface area contributed by atoms with E-state index in [4.69, 9.17) is 14.2 Å². The number of ether oxygens (including phenoxy) is 3. The number of aryl methyl sites for hydroxylation is 3. The summed E-state index contributed by atoms with van der Waals surface area (Å²) in [4.78, 5) is 71.2. The Morgan fingerprint density at radius 2 is 1.58 bits per heavy atom. The van der Waals surface area contributed by atoms with E-state index in [2.05, 4.69) is 40.2 Å². The van der Waals surface area contributed by atoms with Crippen LogP contribution in [0.2, 0.25) is 0 Å². The molecular weight excluding hydrogens is 1170 g/mol. The van der Waals surface area contributed by atoms with Crippen molar-refractivity contribution in [3.05, 3.63) is 142 Å². The van der Waals surface area contributed by atoms with Gasteiger partial charge in [0.2, 0.25) is 11.8 Å². The van der Waals surface area contributed by atoms with Gasteiger partial charge < -0.3 is 44.7 Å². The van der Waals surface area contributed by atoms with Gasteiger partial charge in [0, 0.05) is 94.0 Å². The van der Waals surface area contributed by atoms with Gasteiger partial charge in [-0.15, -0.1) is 11.3 Å². The summed E-state index contributed by atoms with van der Waals surface area (Å²) >= 11 is 1.57. The average molecular weight is 1250 g/mol. The van der Waals surface area contributed by atoms with E-state index in [1.54, 1.807) is 78.9 Å². The largest absolute Gasteiger partial charge is 0.493 e. The van der Waals surface area contributed by atoms with E-state index in [1.165, 1.54) is 32.2 Å². The maximum absolute atomic E-state index is 14.6. The second-order valence-corrected chi connectivity index (χ2v) is 26.1. The molecule has 2 aliphatic heterocycles. The zero-order valence-corrected chi connectivity index (χ0v) is 53.3. The summed E-state index contributed by atoms with van der Waals surface area (Å²) in [6.07, 6.45) is 7.56. The molecule has 4 aromatic heterocycles. The minimum Gasteiger partial charge on any atom is -0.493 e. The smallest absolute Gasteiger partial charge is 0.328 e. The lowest BCUT2D eigenvalue weighted by Gasteiger charge is -2.30. The number of amides is 3. The molecule has 10 rings (SSSR count). The van der Waals surface area contributed by atoms with Crippen molar-refractivity contribution >= 4 is 61.6 Å². The van der Waals surface area contributed by atoms with Gasteiger partial charge >= 0.3 is 5.69 Å². The number of likely N-dealkylation sites (tertiary alicyclic amines) is 1. The van der Waals surface area contributed by atoms with Crippen molar-refractivity contribution in [3.63, 3.8) is 0 Å². The number of aromatic nitrogens is 6. The number of aliphatic hydroxyl groups excluding tert-OH is 1. The molecule has 3 amide bonds. The maximum Gasteiger partial charge on any atom is 0.328 e. The third-order valence-electron chi connectivity index (χ3n) is 16.2. The molecule has 0 bridgehead atoms. The summed E-state index contributed by atoms with van der Waals surface area (Å²) < 4.78 is 54.6. The Kier molecular flexibility index (Phi) is 19.6. The highest BCUT2D eigenvalue weighted by Crippen LogP contribution is 2.39. The van der Waals surface area contributed by atoms with E-state index in [-0.39, 0.29) is 70.4 Å². The molecule has 24 heteroatoms. The maximum atomic E-state index is 14.6. The molecule has 22 nitrogen and oxygen atoms in total. The Balaban J connectivity index is 0.787. The third kappa shape index (κ3) is 14.6. The monoisotopic (exact) mass is 1250 g/mol. The Labute approximate surface area is 522 Å². The Morgan fingerprint density at radius 3 is 2.29 bits per heavy atom. The first-order valence-corrected chi connectivity index (χ1v) is 32.4. The lowest BCUT2D eigenvalue weighted by molar-refractivity contribution is -0.142. The first kappa shape index (κ1) is 63.4. The number of β-amino-alcohol motifs (C(OH)–C–C–N with tert-alkyl or cyclic N) is 1. The number of thiazole rings is 1. The number of benzene rings is 4. The number of hydrogen-bond donors (Lipinski definition) is 4. The number of carbonyl (C=O) groups excluding carboxylic acids is 3. The van der Waals surface area contributed by atoms with Crippen LogP contribution in [0.25, 0.3) is 32.6 Å². The van der Waals surface area contributed by atoms with Gasteiger partial charge in [0.15, 0.2) is 5.75 Å². The lowest BCUT2D eigenvalue weighted by atomic mass is 10.0. The predicted molar refractivity (Wildman–Crippen MR) is 343 cm³/mol. The number of nitrogens with one attached hydrogen (secondary N) is 3. The van der Waals surface area contributed by atoms with Crippen molar-refractivity contribution in [2.24, 2.45) is 20.0 Å². The molecule has 0 saturated carbocycles. The van der Waals surface area contributed by atoms with Crippen LogP contribution < -0.4 is 40.2 Å². The second-order valence-electron chi connectivity index (χ2n) is 23.5. The Bertz CT molecular complexity index is 4030. The molecule has 0 aliphatic carbocycles. The number of anilines is 2. The summed E-state index contributed by atoms with van der Waals surface area (Å²) in [6.45, 7) is 12.6. The van der Waals surface area contributed by atoms with Gasteiger partial charge in [0.05, 0.1) is 69.3 Å². The van der Waals surface area contributed by atoms with Crippen molar-refractivity contribution < 1.29 is 42.1 Å². The molecule has 4 aromatic carbocycles. The number of unbranched alkanes of at least 4 members (excludes halogenated alkanes) is 1. The highest BCUT2D eigenvalue weighted by atomic mass is 32.2. The van der Waals surface area contributed by atoms with Gasteiger partial charge in [0.1, 0.15) is 35.2 Å². The topological polar surface area (TPSA) is 250 Å². The van der Waals surface area contributed by atoms with Crippen molar-refractivity contribution in [2.75, 3.05) is 63.1 Å². The molecule has 2 aliphatic rings. The molecule has 4 N–H and O–H groups in total. The second kappa shape index (κ2) is 27.4. The quantitative estimate of drug-likeness (QED) is 0.0391. The normalized spacial score (nSPS) is 16.7. The zero-order valence-electron chi connectivity index (χ0n) is 51.7. The summed E-state index contributed by atoms with van der Waals surface area (Å²) in [7, 11) is 2.89. The molecule has 6 heterocycles. The van der Waals surface area contributed by atoms with Gasteiger partial charge in [-0.05, 0) is 119 Å². The number of hydrogen-bond acceptors (Lipinski definition) is 16. The molecule has 0 radical (unpaired) electrons. The number of carbonyl (C=O) groups is 3. The summed E-state index contributed by atoms with van der Waals surface area (Å²) in [6, 6.07) is 23.6. The average Bonchev–Trinajstić information content (AvgIpc) is 1.78. The molecular formula is C65H78N12O10S2. The predicted octanol–water partition coefficient (Wildman–Crippen LogP) is 8.71. The number of imidazole rings is 1. The van der Waals surface area contributed by atoms with E-state index in [9.17, 15) is 32.7 Å². The van der Waals surface area contributed by atoms with Crippen LogP contribution in [-0.2, 0) is 33.7 Å². The molecule has 2 saturated heterocycles. The van der Waals surface area contributed by atoms with Crippen LogP contribution in [0.3, 0.4) is 0 Å². The first-order valence-electron chi connectivity index (χ1n) is 30.1. The highest BCUT2D eigenvalue weighted by Gasteiger charge is 2.43. The van der Waals surface area contributed by atoms with Crippen molar-refractivity contribution in [1.82, 2.24) is 49.3 Å². The SMILES string of the molecule is CCCOc1cc(OCCCCN(C)C)cc(Oc2cc3c(cc2NS(=O)(=O)c2cccc(C(=O)N[C@H]4CCN(c5cc(-c6cnn(C(C(=O)N7C[C@H](O)C[C@H]7C(=O)N[C@@H](C)c7ccc(-c8scnc8C)cc7)C(C)C)c6)ccn5)C4)c2)n(C)c(=O)n3C)c1. The molecule has 5 atom stereocenters. The van der Waals surface area contributed by atoms with Gasteiger partial charge in [-0.2, -0.15) is 5.10 Å². The Hall–Kier alpha value is -8.58. The van der Waals surface area contributed by atoms with Crippen LogP contribution in [0.5, 0.6) is 23.0 Å². The number of nitrogens with zero attached hydrogens (tertiary/aromatic N) is 9. The van der Waals surface area contributed by atoms with Crippen molar-refractivity contribution in [1.29, 1.82) is 0 Å². The van der Waals surface area contributed by atoms with Crippen molar-refractivity contribution in [2.45, 2.75) is 102 Å². The molecule has 470 valence electrons. The standard InChI is InChI=1S/C65H78N12O10S2/c1-10-25-85-50-30-51(86-26-12-11-23-72(6)7)32-52(31-50)87-58-34-56-55(73(8)65(82)74(56)9)33-54(58)71-89(83,84)53-15-13-14-46(27-53)62(79)70-48-21-24-75(37-48)59-28-45(20-22-66-59)47-35-68-77(36-47)60(40(2)3)64(81)76-38-49(78)29-57(76)63(80)69-41(4)43-16-18-44(19-17-43)61-42(5)67-39-88-61/h13-20,22,27-28,30-36,39-41,48-49,57,60,71,78H,10-12,21,23-26,29,37-38H2,1-9H3,(H,69,80)(H,70,79)/t41-,48-,49+,57-,60?/m0/s1. The highest BCUT2D eigenvalue weighted by molar-refractivity contribution is 7.92. The van der Waals surface area contributed by atoms with Gasteiger partial charge in [-0.25, -0.2) is 23.2 Å². The van der Waals surface area contributed by atoms with Gasteiger partial charge in [0.25, 0.3) is 15.9 Å². The van der Waals surface area contributed by atoms with E-state index < -0.39 is 34.1 Å². The molecule has 89 heavy (non-hydrogen) atoms. The van der Waals surface area contributed by atoms with Gasteiger partial charge in [-0.3, -0.25) is 32.9 Å². The minimum absolute atomic E-state index is 0.0148. The van der Waals surface area contributed by atoms with Crippen molar-refractivity contribution in [3.8, 4) is 44.6 Å². The molecule has 0 spiro atoms. The fourth-order valence-corrected chi connectivity index (χ4v) is 13.3. The fraction of sp³-hybridized carbons (Fsp3) is 0.400. The molecule has 8 aromatic rings. The van der Waals surface area contributed by atoms with Crippen LogP contribution in [0, 0.1) is 12.8 Å². The van der Waals surface area contributed by atoms with Crippen LogP contribution in [0.4, 0.5) is 11.5 Å². The number of sulfonamides is 1. The summed E-state index contributed by atoms with van der Waals surface area (Å²) in [5.41, 5.74) is 7.08. The fourth-order valence-electron chi connectivity index (χ4n) is 11.4. The number of pyridine rings is 1. The number of fused-ring (bicyclic) bond motifs is 1. The van der Waals surface area contributed by atoms with Crippen LogP contribution >= 0.6 is 11.3 Å². The van der Waals surface area contributed by atoms with E-state index in [1.807, 2.05) is 96.8 Å². The Morgan fingerprint density at radius 1 is 0.854 bits per heavy atom. The summed E-state index contributed by atoms with van der Waals surface area (Å²) in [5, 5.41) is 21.7. The zero-order chi connectivity index (χ0) is 63.3. The number of aliphatic hydroxyl groups is 1. The van der Waals surface area contributed by atoms with Gasteiger partial charge in [-0.1, -0.05) is 51.1 Å². The lowest BCUT2D eigenvalue weighted by Crippen LogP contribution is -2.49. The van der Waals surface area contributed by atoms with E-state index >= 15 is 0 Å². The van der Waals surface area contributed by atoms with E-state index in [0.29, 0.717) is 66.8 Å². The minimum atomic E-state index is -4.39. The van der Waals surface area contributed by atoms with Crippen LogP contribution in [0.15, 0.2) is 125 Å². The molecule has 2 fully saturated rings. The van der Waals surface area contributed by atoms with Crippen LogP contribution in [-0.4, -0.2) is 142 Å². The molecule has 1 unspecified atom stereocenters. The van der Waals surface area contributed by atoms with Crippen LogP contribution in [0.1, 0.15) is 93.5 Å². The first-order chi connectivity index (χ1) is 42.6. The number of rotatable bonds is 25. The van der Waals surface area contributed by atoms with E-state index in [0.717, 1.165) is 58.6 Å². The summed E-state index contributed by atoms with van der Waals surface area (Å²) in [5.74, 6) is 0.770. The third-order valence-corrected chi connectivity index (χ3v) is 18.5.